The van der Waals surface area contributed by atoms with Crippen LogP contribution in [0.15, 0.2) is 30.9 Å². The summed E-state index contributed by atoms with van der Waals surface area (Å²) in [5, 5.41) is 0. The van der Waals surface area contributed by atoms with Gasteiger partial charge in [0, 0.05) is 25.4 Å². The van der Waals surface area contributed by atoms with Gasteiger partial charge >= 0.3 is 0 Å². The average molecular weight is 245 g/mol. The highest BCUT2D eigenvalue weighted by atomic mass is 16.7. The van der Waals surface area contributed by atoms with Gasteiger partial charge in [-0.2, -0.15) is 0 Å². The first-order valence-electron chi connectivity index (χ1n) is 6.05. The normalized spacial score (nSPS) is 21.4. The maximum atomic E-state index is 11.8. The Morgan fingerprint density at radius 1 is 1.39 bits per heavy atom. The van der Waals surface area contributed by atoms with Crippen molar-refractivity contribution in [3.05, 3.63) is 36.4 Å². The molecule has 94 valence electrons. The van der Waals surface area contributed by atoms with Gasteiger partial charge in [0.25, 0.3) is 0 Å². The minimum absolute atomic E-state index is 0.192. The molecule has 1 atom stereocenters. The predicted molar refractivity (Wildman–Crippen MR) is 66.3 cm³/mol. The number of benzene rings is 1. The molecule has 4 heteroatoms. The van der Waals surface area contributed by atoms with Crippen molar-refractivity contribution in [2.75, 3.05) is 13.3 Å². The van der Waals surface area contributed by atoms with Gasteiger partial charge in [-0.25, -0.2) is 0 Å². The highest BCUT2D eigenvalue weighted by molar-refractivity contribution is 5.79. The molecule has 0 saturated carbocycles. The fourth-order valence-electron chi connectivity index (χ4n) is 2.37. The highest BCUT2D eigenvalue weighted by Gasteiger charge is 2.27. The minimum atomic E-state index is 0.192. The first-order valence-corrected chi connectivity index (χ1v) is 6.05. The van der Waals surface area contributed by atoms with Crippen LogP contribution in [0.25, 0.3) is 0 Å². The molecule has 1 aromatic carbocycles. The Labute approximate surface area is 106 Å². The zero-order valence-corrected chi connectivity index (χ0v) is 10.1. The number of nitrogens with zero attached hydrogens (tertiary/aromatic N) is 1. The van der Waals surface area contributed by atoms with Crippen LogP contribution in [0.2, 0.25) is 0 Å². The first kappa shape index (κ1) is 11.1. The molecule has 2 aliphatic rings. The molecule has 2 aliphatic heterocycles. The lowest BCUT2D eigenvalue weighted by atomic mass is 10.1. The van der Waals surface area contributed by atoms with Crippen LogP contribution in [0.3, 0.4) is 0 Å². The highest BCUT2D eigenvalue weighted by Crippen LogP contribution is 2.33. The molecule has 0 bridgehead atoms. The second kappa shape index (κ2) is 4.37. The van der Waals surface area contributed by atoms with Gasteiger partial charge in [0.2, 0.25) is 12.7 Å². The predicted octanol–water partition coefficient (Wildman–Crippen LogP) is 1.95. The SMILES string of the molecule is C=CC1CC(=O)N(Cc2ccc3c(c2)OCO3)C1. The summed E-state index contributed by atoms with van der Waals surface area (Å²) in [5.74, 6) is 2.01. The number of amides is 1. The minimum Gasteiger partial charge on any atom is -0.454 e. The van der Waals surface area contributed by atoms with Gasteiger partial charge < -0.3 is 14.4 Å². The topological polar surface area (TPSA) is 38.8 Å². The Hall–Kier alpha value is -1.97. The van der Waals surface area contributed by atoms with Crippen molar-refractivity contribution in [3.8, 4) is 11.5 Å². The van der Waals surface area contributed by atoms with Crippen LogP contribution >= 0.6 is 0 Å². The van der Waals surface area contributed by atoms with Gasteiger partial charge in [-0.15, -0.1) is 6.58 Å². The Morgan fingerprint density at radius 3 is 3.00 bits per heavy atom. The van der Waals surface area contributed by atoms with Crippen molar-refractivity contribution >= 4 is 5.91 Å². The van der Waals surface area contributed by atoms with Gasteiger partial charge in [0.05, 0.1) is 0 Å². The van der Waals surface area contributed by atoms with Crippen molar-refractivity contribution < 1.29 is 14.3 Å². The molecule has 2 heterocycles. The molecule has 1 fully saturated rings. The zero-order chi connectivity index (χ0) is 12.5. The number of hydrogen-bond acceptors (Lipinski definition) is 3. The third kappa shape index (κ3) is 1.94. The van der Waals surface area contributed by atoms with E-state index in [4.69, 9.17) is 9.47 Å². The van der Waals surface area contributed by atoms with E-state index in [0.29, 0.717) is 13.0 Å². The Morgan fingerprint density at radius 2 is 2.22 bits per heavy atom. The summed E-state index contributed by atoms with van der Waals surface area (Å²) in [7, 11) is 0. The molecular formula is C14H15NO3. The van der Waals surface area contributed by atoms with Gasteiger partial charge in [-0.05, 0) is 17.7 Å². The number of rotatable bonds is 3. The third-order valence-corrected chi connectivity index (χ3v) is 3.39. The molecule has 1 aromatic rings. The van der Waals surface area contributed by atoms with Crippen LogP contribution in [0.4, 0.5) is 0 Å². The molecule has 3 rings (SSSR count). The lowest BCUT2D eigenvalue weighted by Gasteiger charge is -2.16. The van der Waals surface area contributed by atoms with Crippen LogP contribution in [0, 0.1) is 5.92 Å². The molecular weight excluding hydrogens is 230 g/mol. The molecule has 0 spiro atoms. The van der Waals surface area contributed by atoms with E-state index < -0.39 is 0 Å². The van der Waals surface area contributed by atoms with Crippen molar-refractivity contribution in [2.24, 2.45) is 5.92 Å². The van der Waals surface area contributed by atoms with Gasteiger partial charge in [0.15, 0.2) is 11.5 Å². The number of fused-ring (bicyclic) bond motifs is 1. The molecule has 0 aromatic heterocycles. The van der Waals surface area contributed by atoms with Crippen LogP contribution in [-0.2, 0) is 11.3 Å². The van der Waals surface area contributed by atoms with E-state index in [0.717, 1.165) is 23.6 Å². The van der Waals surface area contributed by atoms with E-state index in [1.165, 1.54) is 0 Å². The molecule has 1 amide bonds. The number of carbonyl (C=O) groups is 1. The van der Waals surface area contributed by atoms with Crippen molar-refractivity contribution in [1.29, 1.82) is 0 Å². The van der Waals surface area contributed by atoms with E-state index in [2.05, 4.69) is 6.58 Å². The second-order valence-corrected chi connectivity index (χ2v) is 4.66. The van der Waals surface area contributed by atoms with Gasteiger partial charge in [-0.3, -0.25) is 4.79 Å². The molecule has 1 saturated heterocycles. The van der Waals surface area contributed by atoms with E-state index >= 15 is 0 Å². The van der Waals surface area contributed by atoms with Gasteiger partial charge in [0.1, 0.15) is 0 Å². The standard InChI is InChI=1S/C14H15NO3/c1-2-10-6-14(16)15(7-10)8-11-3-4-12-13(5-11)18-9-17-12/h2-5,10H,1,6-9H2. The number of likely N-dealkylation sites (tertiary alicyclic amines) is 1. The number of hydrogen-bond donors (Lipinski definition) is 0. The number of carbonyl (C=O) groups excluding carboxylic acids is 1. The first-order chi connectivity index (χ1) is 8.76. The lowest BCUT2D eigenvalue weighted by molar-refractivity contribution is -0.128. The van der Waals surface area contributed by atoms with E-state index in [1.54, 1.807) is 0 Å². The maximum Gasteiger partial charge on any atom is 0.231 e. The Kier molecular flexibility index (Phi) is 2.70. The van der Waals surface area contributed by atoms with Crippen LogP contribution < -0.4 is 9.47 Å². The van der Waals surface area contributed by atoms with Crippen LogP contribution in [0.5, 0.6) is 11.5 Å². The van der Waals surface area contributed by atoms with E-state index in [1.807, 2.05) is 29.2 Å². The van der Waals surface area contributed by atoms with Crippen molar-refractivity contribution in [2.45, 2.75) is 13.0 Å². The fourth-order valence-corrected chi connectivity index (χ4v) is 2.37. The molecule has 1 unspecified atom stereocenters. The summed E-state index contributed by atoms with van der Waals surface area (Å²) in [6, 6.07) is 5.81. The summed E-state index contributed by atoms with van der Waals surface area (Å²) in [6.07, 6.45) is 2.44. The van der Waals surface area contributed by atoms with Gasteiger partial charge in [-0.1, -0.05) is 12.1 Å². The summed E-state index contributed by atoms with van der Waals surface area (Å²) in [6.45, 7) is 5.41. The van der Waals surface area contributed by atoms with Crippen LogP contribution in [-0.4, -0.2) is 24.1 Å². The van der Waals surface area contributed by atoms with Crippen molar-refractivity contribution in [3.63, 3.8) is 0 Å². The van der Waals surface area contributed by atoms with E-state index in [9.17, 15) is 4.79 Å². The van der Waals surface area contributed by atoms with E-state index in [-0.39, 0.29) is 18.6 Å². The molecule has 18 heavy (non-hydrogen) atoms. The van der Waals surface area contributed by atoms with Crippen LogP contribution in [0.1, 0.15) is 12.0 Å². The quantitative estimate of drug-likeness (QED) is 0.764. The summed E-state index contributed by atoms with van der Waals surface area (Å²) in [5.41, 5.74) is 1.07. The summed E-state index contributed by atoms with van der Waals surface area (Å²) >= 11 is 0. The largest absolute Gasteiger partial charge is 0.454 e. The Balaban J connectivity index is 1.73. The summed E-state index contributed by atoms with van der Waals surface area (Å²) < 4.78 is 10.6. The monoisotopic (exact) mass is 245 g/mol. The zero-order valence-electron chi connectivity index (χ0n) is 10.1. The average Bonchev–Trinajstić information content (AvgIpc) is 2.96. The molecule has 0 radical (unpaired) electrons. The number of ether oxygens (including phenoxy) is 2. The lowest BCUT2D eigenvalue weighted by Crippen LogP contribution is -2.24. The molecule has 0 aliphatic carbocycles. The molecule has 0 N–H and O–H groups in total. The smallest absolute Gasteiger partial charge is 0.231 e. The third-order valence-electron chi connectivity index (χ3n) is 3.39. The molecule has 4 nitrogen and oxygen atoms in total. The Bertz CT molecular complexity index is 498. The second-order valence-electron chi connectivity index (χ2n) is 4.66. The fraction of sp³-hybridized carbons (Fsp3) is 0.357. The van der Waals surface area contributed by atoms with Crippen molar-refractivity contribution in [1.82, 2.24) is 4.90 Å². The summed E-state index contributed by atoms with van der Waals surface area (Å²) in [4.78, 5) is 13.7. The maximum absolute atomic E-state index is 11.8.